The molecule has 0 saturated heterocycles. The van der Waals surface area contributed by atoms with E-state index in [1.54, 1.807) is 0 Å². The normalized spacial score (nSPS) is 13.4. The highest BCUT2D eigenvalue weighted by atomic mass is 28.4. The number of hydrogen-bond acceptors (Lipinski definition) is 4. The first-order valence-electron chi connectivity index (χ1n) is 9.86. The van der Waals surface area contributed by atoms with Crippen LogP contribution in [0.4, 0.5) is 5.69 Å². The molecule has 0 spiro atoms. The van der Waals surface area contributed by atoms with Crippen LogP contribution in [0.2, 0.25) is 18.1 Å². The molecule has 0 saturated carbocycles. The van der Waals surface area contributed by atoms with Crippen molar-refractivity contribution >= 4 is 25.7 Å². The average Bonchev–Trinajstić information content (AvgIpc) is 2.51. The molecule has 1 aromatic carbocycles. The van der Waals surface area contributed by atoms with Crippen molar-refractivity contribution in [2.24, 2.45) is 10.9 Å². The number of carbonyl (C=O) groups excluding carboxylic acids is 1. The molecule has 152 valence electrons. The Morgan fingerprint density at radius 3 is 2.07 bits per heavy atom. The van der Waals surface area contributed by atoms with Gasteiger partial charge in [-0.2, -0.15) is 0 Å². The molecule has 0 heterocycles. The minimum atomic E-state index is -1.70. The van der Waals surface area contributed by atoms with E-state index >= 15 is 0 Å². The van der Waals surface area contributed by atoms with Gasteiger partial charge in [-0.25, -0.2) is 9.79 Å². The smallest absolute Gasteiger partial charge is 0.353 e. The van der Waals surface area contributed by atoms with Gasteiger partial charge in [0.1, 0.15) is 5.71 Å². The molecule has 0 aliphatic carbocycles. The second-order valence-electron chi connectivity index (χ2n) is 9.13. The van der Waals surface area contributed by atoms with Crippen molar-refractivity contribution in [2.45, 2.75) is 79.1 Å². The van der Waals surface area contributed by atoms with Crippen LogP contribution in [-0.4, -0.2) is 32.7 Å². The minimum Gasteiger partial charge on any atom is -0.458 e. The van der Waals surface area contributed by atoms with Crippen LogP contribution in [-0.2, 0) is 20.4 Å². The zero-order valence-corrected chi connectivity index (χ0v) is 19.6. The maximum Gasteiger partial charge on any atom is 0.353 e. The molecule has 0 aromatic heterocycles. The van der Waals surface area contributed by atoms with Gasteiger partial charge in [-0.3, -0.25) is 0 Å². The SMILES string of the molecule is CC(C)OC(=O)/C(=N\c1ccc(CCO[Si](C)(C)C(C)(C)C)cc1)C(C)C. The quantitative estimate of drug-likeness (QED) is 0.313. The molecule has 0 amide bonds. The molecule has 5 heteroatoms. The van der Waals surface area contributed by atoms with E-state index in [1.165, 1.54) is 5.56 Å². The molecule has 0 aliphatic rings. The summed E-state index contributed by atoms with van der Waals surface area (Å²) in [4.78, 5) is 16.7. The van der Waals surface area contributed by atoms with Gasteiger partial charge < -0.3 is 9.16 Å². The average molecular weight is 392 g/mol. The van der Waals surface area contributed by atoms with Crippen LogP contribution in [0.15, 0.2) is 29.3 Å². The molecule has 0 atom stereocenters. The lowest BCUT2D eigenvalue weighted by atomic mass is 10.1. The van der Waals surface area contributed by atoms with Gasteiger partial charge >= 0.3 is 5.97 Å². The molecule has 1 aromatic rings. The third kappa shape index (κ3) is 7.58. The summed E-state index contributed by atoms with van der Waals surface area (Å²) in [5.74, 6) is -0.333. The van der Waals surface area contributed by atoms with Crippen LogP contribution in [0, 0.1) is 5.92 Å². The summed E-state index contributed by atoms with van der Waals surface area (Å²) in [6.45, 7) is 19.6. The fourth-order valence-electron chi connectivity index (χ4n) is 2.20. The molecule has 0 bridgehead atoms. The lowest BCUT2D eigenvalue weighted by Gasteiger charge is -2.36. The van der Waals surface area contributed by atoms with E-state index in [9.17, 15) is 4.79 Å². The second kappa shape index (κ2) is 9.65. The highest BCUT2D eigenvalue weighted by molar-refractivity contribution is 6.74. The molecule has 1 rings (SSSR count). The van der Waals surface area contributed by atoms with Crippen molar-refractivity contribution in [1.82, 2.24) is 0 Å². The number of ether oxygens (including phenoxy) is 1. The van der Waals surface area contributed by atoms with E-state index in [1.807, 2.05) is 39.8 Å². The Kier molecular flexibility index (Phi) is 8.42. The Morgan fingerprint density at radius 2 is 1.63 bits per heavy atom. The van der Waals surface area contributed by atoms with E-state index in [4.69, 9.17) is 9.16 Å². The second-order valence-corrected chi connectivity index (χ2v) is 13.9. The van der Waals surface area contributed by atoms with Crippen LogP contribution in [0.25, 0.3) is 0 Å². The Morgan fingerprint density at radius 1 is 1.07 bits per heavy atom. The largest absolute Gasteiger partial charge is 0.458 e. The topological polar surface area (TPSA) is 47.9 Å². The molecular formula is C22H37NO3Si. The van der Waals surface area contributed by atoms with Gasteiger partial charge in [-0.05, 0) is 56.1 Å². The van der Waals surface area contributed by atoms with Crippen LogP contribution in [0.5, 0.6) is 0 Å². The van der Waals surface area contributed by atoms with Gasteiger partial charge in [0, 0.05) is 12.5 Å². The Bertz CT molecular complexity index is 641. The van der Waals surface area contributed by atoms with Crippen molar-refractivity contribution in [3.05, 3.63) is 29.8 Å². The van der Waals surface area contributed by atoms with Crippen molar-refractivity contribution in [3.8, 4) is 0 Å². The molecule has 4 nitrogen and oxygen atoms in total. The number of hydrogen-bond donors (Lipinski definition) is 0. The molecule has 0 N–H and O–H groups in total. The van der Waals surface area contributed by atoms with E-state index < -0.39 is 8.32 Å². The Balaban J connectivity index is 2.76. The molecule has 27 heavy (non-hydrogen) atoms. The van der Waals surface area contributed by atoms with Crippen LogP contribution >= 0.6 is 0 Å². The molecule has 0 aliphatic heterocycles. The van der Waals surface area contributed by atoms with Crippen LogP contribution in [0.1, 0.15) is 54.0 Å². The monoisotopic (exact) mass is 391 g/mol. The lowest BCUT2D eigenvalue weighted by Crippen LogP contribution is -2.41. The number of benzene rings is 1. The third-order valence-corrected chi connectivity index (χ3v) is 9.48. The highest BCUT2D eigenvalue weighted by Crippen LogP contribution is 2.36. The number of carbonyl (C=O) groups is 1. The van der Waals surface area contributed by atoms with Gasteiger partial charge in [0.15, 0.2) is 8.32 Å². The standard InChI is InChI=1S/C22H37NO3Si/c1-16(2)20(21(24)26-17(3)4)23-19-12-10-18(11-13-19)14-15-25-27(8,9)22(5,6)7/h10-13,16-17H,14-15H2,1-9H3/b23-20-. The van der Waals surface area contributed by atoms with E-state index in [2.05, 4.69) is 51.0 Å². The predicted molar refractivity (Wildman–Crippen MR) is 116 cm³/mol. The van der Waals surface area contributed by atoms with Gasteiger partial charge in [0.05, 0.1) is 11.8 Å². The molecule has 0 radical (unpaired) electrons. The number of nitrogens with zero attached hydrogens (tertiary/aromatic N) is 1. The lowest BCUT2D eigenvalue weighted by molar-refractivity contribution is -0.139. The van der Waals surface area contributed by atoms with Crippen molar-refractivity contribution in [2.75, 3.05) is 6.61 Å². The maximum atomic E-state index is 12.2. The van der Waals surface area contributed by atoms with Crippen LogP contribution < -0.4 is 0 Å². The maximum absolute atomic E-state index is 12.2. The number of rotatable bonds is 8. The van der Waals surface area contributed by atoms with Crippen molar-refractivity contribution < 1.29 is 14.0 Å². The third-order valence-electron chi connectivity index (χ3n) is 4.94. The van der Waals surface area contributed by atoms with E-state index in [0.29, 0.717) is 5.71 Å². The summed E-state index contributed by atoms with van der Waals surface area (Å²) in [6.07, 6.45) is 0.730. The summed E-state index contributed by atoms with van der Waals surface area (Å²) < 4.78 is 11.5. The van der Waals surface area contributed by atoms with E-state index in [0.717, 1.165) is 18.7 Å². The highest BCUT2D eigenvalue weighted by Gasteiger charge is 2.36. The fraction of sp³-hybridized carbons (Fsp3) is 0.636. The Hall–Kier alpha value is -1.46. The zero-order chi connectivity index (χ0) is 20.8. The van der Waals surface area contributed by atoms with Gasteiger partial charge in [-0.1, -0.05) is 46.8 Å². The van der Waals surface area contributed by atoms with Gasteiger partial charge in [0.2, 0.25) is 0 Å². The molecular weight excluding hydrogens is 354 g/mol. The first-order chi connectivity index (χ1) is 12.3. The number of aliphatic imine (C=N–C) groups is 1. The molecule has 0 fully saturated rings. The predicted octanol–water partition coefficient (Wildman–Crippen LogP) is 5.93. The minimum absolute atomic E-state index is 0.00825. The van der Waals surface area contributed by atoms with Gasteiger partial charge in [0.25, 0.3) is 0 Å². The summed E-state index contributed by atoms with van der Waals surface area (Å²) in [5, 5.41) is 0.226. The fourth-order valence-corrected chi connectivity index (χ4v) is 3.25. The van der Waals surface area contributed by atoms with E-state index in [-0.39, 0.29) is 23.0 Å². The first kappa shape index (κ1) is 23.6. The van der Waals surface area contributed by atoms with Crippen LogP contribution in [0.3, 0.4) is 0 Å². The Labute approximate surface area is 166 Å². The summed E-state index contributed by atoms with van der Waals surface area (Å²) in [6, 6.07) is 8.01. The summed E-state index contributed by atoms with van der Waals surface area (Å²) >= 11 is 0. The van der Waals surface area contributed by atoms with Gasteiger partial charge in [-0.15, -0.1) is 0 Å². The van der Waals surface area contributed by atoms with Crippen molar-refractivity contribution in [3.63, 3.8) is 0 Å². The molecule has 0 unspecified atom stereocenters. The zero-order valence-electron chi connectivity index (χ0n) is 18.6. The first-order valence-corrected chi connectivity index (χ1v) is 12.8. The van der Waals surface area contributed by atoms with Crippen molar-refractivity contribution in [1.29, 1.82) is 0 Å². The summed E-state index contributed by atoms with van der Waals surface area (Å²) in [7, 11) is -1.70. The summed E-state index contributed by atoms with van der Waals surface area (Å²) in [5.41, 5.74) is 2.44. The number of esters is 1.